The van der Waals surface area contributed by atoms with Gasteiger partial charge >= 0.3 is 6.03 Å². The van der Waals surface area contributed by atoms with Crippen LogP contribution in [0.5, 0.6) is 0 Å². The van der Waals surface area contributed by atoms with Gasteiger partial charge in [0.05, 0.1) is 11.8 Å². The van der Waals surface area contributed by atoms with Crippen molar-refractivity contribution in [3.8, 4) is 0 Å². The number of fused-ring (bicyclic) bond motifs is 1. The van der Waals surface area contributed by atoms with Gasteiger partial charge in [-0.05, 0) is 35.9 Å². The molecule has 2 amide bonds. The molecule has 7 heteroatoms. The molecule has 0 radical (unpaired) electrons. The first-order chi connectivity index (χ1) is 12.4. The predicted octanol–water partition coefficient (Wildman–Crippen LogP) is 4.82. The lowest BCUT2D eigenvalue weighted by Gasteiger charge is -2.19. The Bertz CT molecular complexity index is 1040. The van der Waals surface area contributed by atoms with Crippen LogP contribution in [0.4, 0.5) is 4.79 Å². The van der Waals surface area contributed by atoms with Crippen LogP contribution in [-0.2, 0) is 7.05 Å². The van der Waals surface area contributed by atoms with Crippen LogP contribution >= 0.6 is 27.5 Å². The zero-order valence-electron chi connectivity index (χ0n) is 14.0. The molecule has 1 aliphatic rings. The molecule has 1 aromatic heterocycles. The molecule has 0 aliphatic carbocycles. The van der Waals surface area contributed by atoms with Gasteiger partial charge in [-0.25, -0.2) is 9.80 Å². The van der Waals surface area contributed by atoms with Gasteiger partial charge in [0.25, 0.3) is 0 Å². The quantitative estimate of drug-likeness (QED) is 0.621. The molecular weight excluding hydrogens is 416 g/mol. The molecule has 26 heavy (non-hydrogen) atoms. The summed E-state index contributed by atoms with van der Waals surface area (Å²) in [5.41, 5.74) is 9.48. The summed E-state index contributed by atoms with van der Waals surface area (Å²) >= 11 is 9.50. The fourth-order valence-corrected chi connectivity index (χ4v) is 3.92. The summed E-state index contributed by atoms with van der Waals surface area (Å²) in [5.74, 6) is 0. The predicted molar refractivity (Wildman–Crippen MR) is 107 cm³/mol. The third-order valence-corrected chi connectivity index (χ3v) is 5.40. The Morgan fingerprint density at radius 2 is 2.00 bits per heavy atom. The number of nitrogens with two attached hydrogens (primary N) is 1. The van der Waals surface area contributed by atoms with E-state index in [1.165, 1.54) is 5.01 Å². The second kappa shape index (κ2) is 6.45. The number of hydrogen-bond acceptors (Lipinski definition) is 2. The van der Waals surface area contributed by atoms with Gasteiger partial charge in [-0.15, -0.1) is 0 Å². The highest BCUT2D eigenvalue weighted by molar-refractivity contribution is 9.10. The molecule has 1 unspecified atom stereocenters. The Labute approximate surface area is 164 Å². The summed E-state index contributed by atoms with van der Waals surface area (Å²) in [6.07, 6.45) is 2.63. The number of urea groups is 1. The van der Waals surface area contributed by atoms with Crippen LogP contribution in [0.1, 0.15) is 23.6 Å². The van der Waals surface area contributed by atoms with Crippen LogP contribution in [0.25, 0.3) is 10.9 Å². The monoisotopic (exact) mass is 430 g/mol. The number of hydrazone groups is 1. The SMILES string of the molecule is Cn1cc(C2CC(c3ccc(Cl)cc3)=NN2C(N)=O)c2cc(Br)ccc21. The largest absolute Gasteiger partial charge is 0.350 e. The number of nitrogens with zero attached hydrogens (tertiary/aromatic N) is 3. The summed E-state index contributed by atoms with van der Waals surface area (Å²) < 4.78 is 3.04. The van der Waals surface area contributed by atoms with Crippen molar-refractivity contribution in [2.45, 2.75) is 12.5 Å². The normalized spacial score (nSPS) is 17.0. The zero-order chi connectivity index (χ0) is 18.4. The Morgan fingerprint density at radius 1 is 1.27 bits per heavy atom. The van der Waals surface area contributed by atoms with Crippen molar-refractivity contribution in [1.29, 1.82) is 0 Å². The molecule has 3 aromatic rings. The standard InChI is InChI=1S/C19H16BrClN4O/c1-24-10-15(14-8-12(20)4-7-17(14)24)18-9-16(23-25(18)19(22)26)11-2-5-13(21)6-3-11/h2-8,10,18H,9H2,1H3,(H2,22,26). The molecule has 2 aromatic carbocycles. The van der Waals surface area contributed by atoms with Gasteiger partial charge in [0, 0.05) is 45.6 Å². The summed E-state index contributed by atoms with van der Waals surface area (Å²) in [7, 11) is 1.99. The second-order valence-corrected chi connectivity index (χ2v) is 7.67. The summed E-state index contributed by atoms with van der Waals surface area (Å²) in [4.78, 5) is 12.0. The minimum absolute atomic E-state index is 0.240. The van der Waals surface area contributed by atoms with E-state index in [1.54, 1.807) is 0 Å². The lowest BCUT2D eigenvalue weighted by atomic mass is 9.98. The van der Waals surface area contributed by atoms with E-state index < -0.39 is 6.03 Å². The minimum atomic E-state index is -0.564. The zero-order valence-corrected chi connectivity index (χ0v) is 16.3. The van der Waals surface area contributed by atoms with Gasteiger partial charge in [-0.1, -0.05) is 39.7 Å². The van der Waals surface area contributed by atoms with Gasteiger partial charge in [0.1, 0.15) is 0 Å². The molecule has 0 fully saturated rings. The highest BCUT2D eigenvalue weighted by atomic mass is 79.9. The molecule has 2 heterocycles. The van der Waals surface area contributed by atoms with Crippen molar-refractivity contribution in [3.05, 3.63) is 69.3 Å². The third-order valence-electron chi connectivity index (χ3n) is 4.65. The van der Waals surface area contributed by atoms with Gasteiger partial charge in [0.2, 0.25) is 0 Å². The molecule has 1 atom stereocenters. The van der Waals surface area contributed by atoms with Crippen molar-refractivity contribution in [1.82, 2.24) is 9.58 Å². The fraction of sp³-hybridized carbons (Fsp3) is 0.158. The van der Waals surface area contributed by atoms with Crippen molar-refractivity contribution in [2.24, 2.45) is 17.9 Å². The van der Waals surface area contributed by atoms with Gasteiger partial charge in [0.15, 0.2) is 0 Å². The number of carbonyl (C=O) groups is 1. The molecule has 4 rings (SSSR count). The Balaban J connectivity index is 1.79. The third kappa shape index (κ3) is 2.89. The molecule has 2 N–H and O–H groups in total. The molecule has 5 nitrogen and oxygen atoms in total. The lowest BCUT2D eigenvalue weighted by molar-refractivity contribution is 0.196. The molecule has 1 aliphatic heterocycles. The number of aromatic nitrogens is 1. The van der Waals surface area contributed by atoms with E-state index in [0.717, 1.165) is 32.2 Å². The Kier molecular flexibility index (Phi) is 4.25. The maximum absolute atomic E-state index is 12.0. The van der Waals surface area contributed by atoms with Crippen LogP contribution in [0, 0.1) is 0 Å². The maximum atomic E-state index is 12.0. The van der Waals surface area contributed by atoms with Gasteiger partial charge < -0.3 is 10.3 Å². The van der Waals surface area contributed by atoms with E-state index in [4.69, 9.17) is 17.3 Å². The van der Waals surface area contributed by atoms with Crippen LogP contribution in [0.3, 0.4) is 0 Å². The highest BCUT2D eigenvalue weighted by Crippen LogP contribution is 2.38. The lowest BCUT2D eigenvalue weighted by Crippen LogP contribution is -2.31. The van der Waals surface area contributed by atoms with Crippen molar-refractivity contribution in [3.63, 3.8) is 0 Å². The molecule has 0 saturated carbocycles. The van der Waals surface area contributed by atoms with Crippen molar-refractivity contribution >= 4 is 50.2 Å². The van der Waals surface area contributed by atoms with E-state index in [2.05, 4.69) is 31.7 Å². The number of benzene rings is 2. The minimum Gasteiger partial charge on any atom is -0.350 e. The van der Waals surface area contributed by atoms with E-state index in [0.29, 0.717) is 11.4 Å². The highest BCUT2D eigenvalue weighted by Gasteiger charge is 2.33. The number of aryl methyl sites for hydroxylation is 1. The first-order valence-corrected chi connectivity index (χ1v) is 9.27. The van der Waals surface area contributed by atoms with Crippen LogP contribution < -0.4 is 5.73 Å². The van der Waals surface area contributed by atoms with E-state index >= 15 is 0 Å². The summed E-state index contributed by atoms with van der Waals surface area (Å²) in [6, 6.07) is 12.7. The first-order valence-electron chi connectivity index (χ1n) is 8.10. The number of carbonyl (C=O) groups excluding carboxylic acids is 1. The maximum Gasteiger partial charge on any atom is 0.335 e. The van der Waals surface area contributed by atoms with Crippen molar-refractivity contribution in [2.75, 3.05) is 0 Å². The average Bonchev–Trinajstić information content (AvgIpc) is 3.17. The summed E-state index contributed by atoms with van der Waals surface area (Å²) in [5, 5.41) is 7.61. The van der Waals surface area contributed by atoms with Crippen LogP contribution in [0.15, 0.2) is 58.2 Å². The van der Waals surface area contributed by atoms with E-state index in [9.17, 15) is 4.79 Å². The van der Waals surface area contributed by atoms with E-state index in [1.807, 2.05) is 49.6 Å². The molecule has 132 valence electrons. The number of primary amides is 1. The molecule has 0 bridgehead atoms. The molecule has 0 spiro atoms. The van der Waals surface area contributed by atoms with Gasteiger partial charge in [-0.3, -0.25) is 0 Å². The Hall–Kier alpha value is -2.31. The molecule has 0 saturated heterocycles. The smallest absolute Gasteiger partial charge is 0.335 e. The number of hydrogen-bond donors (Lipinski definition) is 1. The topological polar surface area (TPSA) is 63.6 Å². The number of amides is 2. The summed E-state index contributed by atoms with van der Waals surface area (Å²) in [6.45, 7) is 0. The van der Waals surface area contributed by atoms with Crippen molar-refractivity contribution < 1.29 is 4.79 Å². The van der Waals surface area contributed by atoms with E-state index in [-0.39, 0.29) is 6.04 Å². The average molecular weight is 432 g/mol. The van der Waals surface area contributed by atoms with Crippen LogP contribution in [-0.4, -0.2) is 21.3 Å². The number of halogens is 2. The van der Waals surface area contributed by atoms with Gasteiger partial charge in [-0.2, -0.15) is 5.10 Å². The molecular formula is C19H16BrClN4O. The fourth-order valence-electron chi connectivity index (χ4n) is 3.43. The number of rotatable bonds is 2. The second-order valence-electron chi connectivity index (χ2n) is 6.31. The Morgan fingerprint density at radius 3 is 2.69 bits per heavy atom. The first kappa shape index (κ1) is 17.1. The van der Waals surface area contributed by atoms with Crippen LogP contribution in [0.2, 0.25) is 5.02 Å².